The van der Waals surface area contributed by atoms with E-state index in [2.05, 4.69) is 0 Å². The second-order valence-corrected chi connectivity index (χ2v) is 5.05. The van der Waals surface area contributed by atoms with Gasteiger partial charge in [-0.3, -0.25) is 4.79 Å². The topological polar surface area (TPSA) is 70.1 Å². The number of hydrogen-bond donors (Lipinski definition) is 1. The molecule has 0 heterocycles. The number of carbonyl (C=O) groups excluding carboxylic acids is 1. The third-order valence-electron chi connectivity index (χ3n) is 2.44. The SMILES string of the molecule is CCOCCN(C)C(=O)N(CC(=O)O)C(C)(C)C. The van der Waals surface area contributed by atoms with Gasteiger partial charge in [-0.1, -0.05) is 0 Å². The number of nitrogens with zero attached hydrogens (tertiary/aromatic N) is 2. The summed E-state index contributed by atoms with van der Waals surface area (Å²) in [6.45, 7) is 8.50. The summed E-state index contributed by atoms with van der Waals surface area (Å²) in [7, 11) is 1.64. The zero-order valence-corrected chi connectivity index (χ0v) is 11.9. The van der Waals surface area contributed by atoms with Crippen LogP contribution in [0.2, 0.25) is 0 Å². The molecule has 106 valence electrons. The molecule has 0 radical (unpaired) electrons. The van der Waals surface area contributed by atoms with Crippen molar-refractivity contribution >= 4 is 12.0 Å². The average molecular weight is 260 g/mol. The highest BCUT2D eigenvalue weighted by atomic mass is 16.5. The van der Waals surface area contributed by atoms with Crippen LogP contribution in [0.15, 0.2) is 0 Å². The molecule has 0 aliphatic carbocycles. The number of carboxylic acids is 1. The lowest BCUT2D eigenvalue weighted by Crippen LogP contribution is -2.53. The molecule has 0 aliphatic heterocycles. The van der Waals surface area contributed by atoms with Crippen LogP contribution < -0.4 is 0 Å². The summed E-state index contributed by atoms with van der Waals surface area (Å²) in [5.41, 5.74) is -0.532. The summed E-state index contributed by atoms with van der Waals surface area (Å²) < 4.78 is 5.17. The smallest absolute Gasteiger partial charge is 0.323 e. The first-order valence-electron chi connectivity index (χ1n) is 6.02. The van der Waals surface area contributed by atoms with E-state index < -0.39 is 11.5 Å². The maximum Gasteiger partial charge on any atom is 0.323 e. The van der Waals surface area contributed by atoms with Crippen molar-refractivity contribution < 1.29 is 19.4 Å². The van der Waals surface area contributed by atoms with Crippen LogP contribution in [0.5, 0.6) is 0 Å². The number of carbonyl (C=O) groups is 2. The third-order valence-corrected chi connectivity index (χ3v) is 2.44. The number of likely N-dealkylation sites (N-methyl/N-ethyl adjacent to an activating group) is 1. The van der Waals surface area contributed by atoms with Gasteiger partial charge in [0.05, 0.1) is 6.61 Å². The highest BCUT2D eigenvalue weighted by molar-refractivity contribution is 5.80. The fourth-order valence-corrected chi connectivity index (χ4v) is 1.37. The van der Waals surface area contributed by atoms with Gasteiger partial charge in [0.1, 0.15) is 6.54 Å². The number of amides is 2. The molecule has 0 aromatic rings. The number of urea groups is 1. The summed E-state index contributed by atoms with van der Waals surface area (Å²) in [6.07, 6.45) is 0. The first kappa shape index (κ1) is 16.7. The number of hydrogen-bond acceptors (Lipinski definition) is 3. The van der Waals surface area contributed by atoms with Gasteiger partial charge in [-0.15, -0.1) is 0 Å². The van der Waals surface area contributed by atoms with E-state index in [1.807, 2.05) is 27.7 Å². The predicted octanol–water partition coefficient (Wildman–Crippen LogP) is 1.26. The normalized spacial score (nSPS) is 11.2. The first-order chi connectivity index (χ1) is 8.20. The number of carboxylic acid groups (broad SMARTS) is 1. The fourth-order valence-electron chi connectivity index (χ4n) is 1.37. The van der Waals surface area contributed by atoms with Gasteiger partial charge in [-0.2, -0.15) is 0 Å². The summed E-state index contributed by atoms with van der Waals surface area (Å²) in [5.74, 6) is -1.02. The third kappa shape index (κ3) is 5.86. The monoisotopic (exact) mass is 260 g/mol. The second-order valence-electron chi connectivity index (χ2n) is 5.05. The van der Waals surface area contributed by atoms with Gasteiger partial charge in [0.15, 0.2) is 0 Å². The van der Waals surface area contributed by atoms with E-state index in [4.69, 9.17) is 9.84 Å². The van der Waals surface area contributed by atoms with Crippen LogP contribution in [0.3, 0.4) is 0 Å². The van der Waals surface area contributed by atoms with Crippen molar-refractivity contribution in [3.8, 4) is 0 Å². The van der Waals surface area contributed by atoms with Crippen LogP contribution in [0.4, 0.5) is 4.79 Å². The van der Waals surface area contributed by atoms with E-state index in [0.717, 1.165) is 0 Å². The number of aliphatic carboxylic acids is 1. The summed E-state index contributed by atoms with van der Waals surface area (Å²) >= 11 is 0. The second kappa shape index (κ2) is 7.20. The molecule has 0 atom stereocenters. The van der Waals surface area contributed by atoms with E-state index in [9.17, 15) is 9.59 Å². The minimum Gasteiger partial charge on any atom is -0.480 e. The van der Waals surface area contributed by atoms with Crippen molar-refractivity contribution in [3.63, 3.8) is 0 Å². The Morgan fingerprint density at radius 2 is 1.83 bits per heavy atom. The molecule has 0 saturated carbocycles. The Hall–Kier alpha value is -1.30. The quantitative estimate of drug-likeness (QED) is 0.730. The van der Waals surface area contributed by atoms with Gasteiger partial charge < -0.3 is 19.6 Å². The van der Waals surface area contributed by atoms with Crippen molar-refractivity contribution in [1.82, 2.24) is 9.80 Å². The Balaban J connectivity index is 4.59. The van der Waals surface area contributed by atoms with Crippen molar-refractivity contribution in [2.45, 2.75) is 33.2 Å². The molecule has 0 aromatic carbocycles. The van der Waals surface area contributed by atoms with Crippen LogP contribution in [0.25, 0.3) is 0 Å². The minimum atomic E-state index is -1.02. The van der Waals surface area contributed by atoms with Crippen LogP contribution >= 0.6 is 0 Å². The Bertz CT molecular complexity index is 286. The van der Waals surface area contributed by atoms with Gasteiger partial charge in [-0.25, -0.2) is 4.79 Å². The molecule has 6 nitrogen and oxygen atoms in total. The van der Waals surface area contributed by atoms with Crippen molar-refractivity contribution in [2.75, 3.05) is 33.4 Å². The minimum absolute atomic E-state index is 0.301. The van der Waals surface area contributed by atoms with Crippen LogP contribution in [0, 0.1) is 0 Å². The molecule has 0 unspecified atom stereocenters. The molecule has 0 saturated heterocycles. The molecule has 0 aliphatic rings. The Kier molecular flexibility index (Phi) is 6.68. The average Bonchev–Trinajstić information content (AvgIpc) is 2.23. The molecule has 1 N–H and O–H groups in total. The lowest BCUT2D eigenvalue weighted by molar-refractivity contribution is -0.138. The molecule has 0 aromatic heterocycles. The zero-order valence-electron chi connectivity index (χ0n) is 11.9. The standard InChI is InChI=1S/C12H24N2O4/c1-6-18-8-7-13(5)11(17)14(9-10(15)16)12(2,3)4/h6-9H2,1-5H3,(H,15,16). The van der Waals surface area contributed by atoms with Crippen molar-refractivity contribution in [3.05, 3.63) is 0 Å². The predicted molar refractivity (Wildman–Crippen MR) is 68.6 cm³/mol. The summed E-state index contributed by atoms with van der Waals surface area (Å²) in [6, 6.07) is -0.301. The van der Waals surface area contributed by atoms with E-state index in [1.165, 1.54) is 9.80 Å². The van der Waals surface area contributed by atoms with Crippen molar-refractivity contribution in [2.24, 2.45) is 0 Å². The molecule has 6 heteroatoms. The molecular formula is C12H24N2O4. The highest BCUT2D eigenvalue weighted by Gasteiger charge is 2.30. The van der Waals surface area contributed by atoms with E-state index >= 15 is 0 Å². The van der Waals surface area contributed by atoms with Gasteiger partial charge in [0, 0.05) is 25.7 Å². The van der Waals surface area contributed by atoms with Gasteiger partial charge in [-0.05, 0) is 27.7 Å². The lowest BCUT2D eigenvalue weighted by Gasteiger charge is -2.37. The maximum absolute atomic E-state index is 12.2. The molecule has 18 heavy (non-hydrogen) atoms. The Morgan fingerprint density at radius 3 is 2.22 bits per heavy atom. The highest BCUT2D eigenvalue weighted by Crippen LogP contribution is 2.15. The maximum atomic E-state index is 12.2. The Labute approximate surface area is 109 Å². The largest absolute Gasteiger partial charge is 0.480 e. The molecule has 0 fully saturated rings. The zero-order chi connectivity index (χ0) is 14.3. The van der Waals surface area contributed by atoms with Crippen LogP contribution in [0.1, 0.15) is 27.7 Å². The molecular weight excluding hydrogens is 236 g/mol. The first-order valence-corrected chi connectivity index (χ1v) is 6.02. The van der Waals surface area contributed by atoms with E-state index in [-0.39, 0.29) is 12.6 Å². The van der Waals surface area contributed by atoms with E-state index in [1.54, 1.807) is 7.05 Å². The van der Waals surface area contributed by atoms with Gasteiger partial charge in [0.2, 0.25) is 0 Å². The van der Waals surface area contributed by atoms with Gasteiger partial charge >= 0.3 is 12.0 Å². The fraction of sp³-hybridized carbons (Fsp3) is 0.833. The number of rotatable bonds is 6. The molecule has 0 rings (SSSR count). The van der Waals surface area contributed by atoms with Crippen molar-refractivity contribution in [1.29, 1.82) is 0 Å². The summed E-state index contributed by atoms with van der Waals surface area (Å²) in [5, 5.41) is 8.85. The number of ether oxygens (including phenoxy) is 1. The molecule has 2 amide bonds. The van der Waals surface area contributed by atoms with Gasteiger partial charge in [0.25, 0.3) is 0 Å². The van der Waals surface area contributed by atoms with Crippen LogP contribution in [-0.4, -0.2) is 65.8 Å². The molecule has 0 spiro atoms. The summed E-state index contributed by atoms with van der Waals surface area (Å²) in [4.78, 5) is 25.8. The lowest BCUT2D eigenvalue weighted by atomic mass is 10.1. The van der Waals surface area contributed by atoms with Crippen LogP contribution in [-0.2, 0) is 9.53 Å². The van der Waals surface area contributed by atoms with E-state index in [0.29, 0.717) is 19.8 Å². The molecule has 0 bridgehead atoms. The Morgan fingerprint density at radius 1 is 1.28 bits per heavy atom.